The average Bonchev–Trinajstić information content (AvgIpc) is 2.38. The maximum Gasteiger partial charge on any atom is 0.222 e. The Morgan fingerprint density at radius 2 is 2.33 bits per heavy atom. The van der Waals surface area contributed by atoms with Gasteiger partial charge in [0.25, 0.3) is 0 Å². The monoisotopic (exact) mass is 248 g/mol. The van der Waals surface area contributed by atoms with Gasteiger partial charge in [0, 0.05) is 25.3 Å². The molecule has 1 unspecified atom stereocenters. The van der Waals surface area contributed by atoms with Gasteiger partial charge in [0.1, 0.15) is 5.82 Å². The zero-order chi connectivity index (χ0) is 13.1. The first-order valence-electron chi connectivity index (χ1n) is 6.32. The number of pyridine rings is 1. The fourth-order valence-electron chi connectivity index (χ4n) is 2.42. The number of carbonyl (C=O) groups excluding carboxylic acids is 1. The molecule has 2 heterocycles. The molecule has 1 saturated heterocycles. The van der Waals surface area contributed by atoms with E-state index < -0.39 is 0 Å². The van der Waals surface area contributed by atoms with E-state index >= 15 is 0 Å². The molecule has 1 aromatic heterocycles. The molecule has 0 bridgehead atoms. The summed E-state index contributed by atoms with van der Waals surface area (Å²) >= 11 is 0. The third-order valence-corrected chi connectivity index (χ3v) is 3.38. The second-order valence-corrected chi connectivity index (χ2v) is 4.87. The number of hydrogen-bond acceptors (Lipinski definition) is 4. The quantitative estimate of drug-likeness (QED) is 0.818. The lowest BCUT2D eigenvalue weighted by Gasteiger charge is -2.32. The standard InChI is InChI=1S/C13H20N4O/c1-9-5-10(7-14)6-12(16-9)17-4-2-3-11(8-17)13(15)18/h5-6,11H,2-4,7-8,14H2,1H3,(H2,15,18). The number of piperidine rings is 1. The minimum absolute atomic E-state index is 0.0672. The van der Waals surface area contributed by atoms with Crippen molar-refractivity contribution in [2.45, 2.75) is 26.3 Å². The Kier molecular flexibility index (Phi) is 3.81. The summed E-state index contributed by atoms with van der Waals surface area (Å²) in [6, 6.07) is 3.98. The van der Waals surface area contributed by atoms with E-state index in [9.17, 15) is 4.79 Å². The molecule has 1 aliphatic heterocycles. The van der Waals surface area contributed by atoms with Crippen LogP contribution in [0, 0.1) is 12.8 Å². The Bertz CT molecular complexity index is 447. The third kappa shape index (κ3) is 2.79. The van der Waals surface area contributed by atoms with Crippen LogP contribution < -0.4 is 16.4 Å². The number of carbonyl (C=O) groups is 1. The number of nitrogens with zero attached hydrogens (tertiary/aromatic N) is 2. The predicted molar refractivity (Wildman–Crippen MR) is 71.0 cm³/mol. The van der Waals surface area contributed by atoms with Crippen LogP contribution in [0.2, 0.25) is 0 Å². The summed E-state index contributed by atoms with van der Waals surface area (Å²) in [5.74, 6) is 0.621. The zero-order valence-electron chi connectivity index (χ0n) is 10.7. The second kappa shape index (κ2) is 5.35. The van der Waals surface area contributed by atoms with Gasteiger partial charge in [-0.25, -0.2) is 4.98 Å². The van der Waals surface area contributed by atoms with E-state index in [1.807, 2.05) is 19.1 Å². The van der Waals surface area contributed by atoms with Crippen LogP contribution in [0.5, 0.6) is 0 Å². The second-order valence-electron chi connectivity index (χ2n) is 4.87. The number of aromatic nitrogens is 1. The van der Waals surface area contributed by atoms with E-state index in [1.54, 1.807) is 0 Å². The van der Waals surface area contributed by atoms with E-state index in [0.717, 1.165) is 36.5 Å². The summed E-state index contributed by atoms with van der Waals surface area (Å²) in [5, 5.41) is 0. The lowest BCUT2D eigenvalue weighted by molar-refractivity contribution is -0.122. The topological polar surface area (TPSA) is 85.2 Å². The van der Waals surface area contributed by atoms with Crippen LogP contribution >= 0.6 is 0 Å². The van der Waals surface area contributed by atoms with E-state index in [-0.39, 0.29) is 11.8 Å². The van der Waals surface area contributed by atoms with E-state index in [1.165, 1.54) is 0 Å². The van der Waals surface area contributed by atoms with Crippen molar-refractivity contribution >= 4 is 11.7 Å². The van der Waals surface area contributed by atoms with Crippen LogP contribution in [0.3, 0.4) is 0 Å². The zero-order valence-corrected chi connectivity index (χ0v) is 10.7. The molecule has 0 aliphatic carbocycles. The summed E-state index contributed by atoms with van der Waals surface area (Å²) < 4.78 is 0. The molecular formula is C13H20N4O. The molecule has 98 valence electrons. The average molecular weight is 248 g/mol. The van der Waals surface area contributed by atoms with Gasteiger partial charge < -0.3 is 16.4 Å². The first kappa shape index (κ1) is 12.8. The minimum Gasteiger partial charge on any atom is -0.369 e. The largest absolute Gasteiger partial charge is 0.369 e. The molecule has 18 heavy (non-hydrogen) atoms. The number of rotatable bonds is 3. The van der Waals surface area contributed by atoms with Crippen molar-refractivity contribution in [1.82, 2.24) is 4.98 Å². The Morgan fingerprint density at radius 3 is 3.00 bits per heavy atom. The van der Waals surface area contributed by atoms with Crippen molar-refractivity contribution in [1.29, 1.82) is 0 Å². The number of primary amides is 1. The highest BCUT2D eigenvalue weighted by atomic mass is 16.1. The van der Waals surface area contributed by atoms with Gasteiger partial charge in [-0.15, -0.1) is 0 Å². The Hall–Kier alpha value is -1.62. The summed E-state index contributed by atoms with van der Waals surface area (Å²) in [4.78, 5) is 17.9. The van der Waals surface area contributed by atoms with Gasteiger partial charge in [0.05, 0.1) is 5.92 Å². The van der Waals surface area contributed by atoms with Gasteiger partial charge in [0.2, 0.25) is 5.91 Å². The third-order valence-electron chi connectivity index (χ3n) is 3.38. The first-order valence-corrected chi connectivity index (χ1v) is 6.32. The summed E-state index contributed by atoms with van der Waals surface area (Å²) in [6.45, 7) is 4.04. The van der Waals surface area contributed by atoms with Gasteiger partial charge in [-0.2, -0.15) is 0 Å². The summed E-state index contributed by atoms with van der Waals surface area (Å²) in [7, 11) is 0. The fraction of sp³-hybridized carbons (Fsp3) is 0.538. The molecule has 4 N–H and O–H groups in total. The minimum atomic E-state index is -0.216. The molecule has 2 rings (SSSR count). The molecule has 1 amide bonds. The van der Waals surface area contributed by atoms with Crippen LogP contribution in [0.15, 0.2) is 12.1 Å². The molecule has 1 fully saturated rings. The lowest BCUT2D eigenvalue weighted by atomic mass is 9.97. The van der Waals surface area contributed by atoms with Crippen molar-refractivity contribution in [3.8, 4) is 0 Å². The molecular weight excluding hydrogens is 228 g/mol. The summed E-state index contributed by atoms with van der Waals surface area (Å²) in [6.07, 6.45) is 1.85. The van der Waals surface area contributed by atoms with Crippen molar-refractivity contribution in [3.05, 3.63) is 23.4 Å². The highest BCUT2D eigenvalue weighted by molar-refractivity contribution is 5.77. The highest BCUT2D eigenvalue weighted by Crippen LogP contribution is 2.22. The summed E-state index contributed by atoms with van der Waals surface area (Å²) in [5.41, 5.74) is 13.1. The van der Waals surface area contributed by atoms with E-state index in [4.69, 9.17) is 11.5 Å². The number of aryl methyl sites for hydroxylation is 1. The molecule has 0 spiro atoms. The molecule has 1 aliphatic rings. The van der Waals surface area contributed by atoms with Gasteiger partial charge in [-0.05, 0) is 37.5 Å². The van der Waals surface area contributed by atoms with E-state index in [0.29, 0.717) is 13.1 Å². The maximum atomic E-state index is 11.3. The molecule has 0 aromatic carbocycles. The van der Waals surface area contributed by atoms with Gasteiger partial charge in [0.15, 0.2) is 0 Å². The Balaban J connectivity index is 2.20. The van der Waals surface area contributed by atoms with Gasteiger partial charge >= 0.3 is 0 Å². The molecule has 5 heteroatoms. The van der Waals surface area contributed by atoms with E-state index in [2.05, 4.69) is 9.88 Å². The molecule has 0 radical (unpaired) electrons. The normalized spacial score (nSPS) is 19.9. The predicted octanol–water partition coefficient (Wildman–Crippen LogP) is 0.550. The SMILES string of the molecule is Cc1cc(CN)cc(N2CCCC(C(N)=O)C2)n1. The molecule has 1 aromatic rings. The first-order chi connectivity index (χ1) is 8.60. The number of amides is 1. The highest BCUT2D eigenvalue weighted by Gasteiger charge is 2.24. The lowest BCUT2D eigenvalue weighted by Crippen LogP contribution is -2.41. The van der Waals surface area contributed by atoms with Gasteiger partial charge in [-0.1, -0.05) is 0 Å². The molecule has 5 nitrogen and oxygen atoms in total. The molecule has 0 saturated carbocycles. The number of hydrogen-bond donors (Lipinski definition) is 2. The van der Waals surface area contributed by atoms with Crippen molar-refractivity contribution in [2.75, 3.05) is 18.0 Å². The van der Waals surface area contributed by atoms with Crippen LogP contribution in [0.25, 0.3) is 0 Å². The molecule has 1 atom stereocenters. The Morgan fingerprint density at radius 1 is 1.56 bits per heavy atom. The Labute approximate surface area is 107 Å². The van der Waals surface area contributed by atoms with Crippen molar-refractivity contribution < 1.29 is 4.79 Å². The van der Waals surface area contributed by atoms with Crippen LogP contribution in [-0.2, 0) is 11.3 Å². The van der Waals surface area contributed by atoms with Crippen LogP contribution in [-0.4, -0.2) is 24.0 Å². The van der Waals surface area contributed by atoms with Crippen molar-refractivity contribution in [3.63, 3.8) is 0 Å². The van der Waals surface area contributed by atoms with Crippen molar-refractivity contribution in [2.24, 2.45) is 17.4 Å². The van der Waals surface area contributed by atoms with Crippen LogP contribution in [0.1, 0.15) is 24.1 Å². The van der Waals surface area contributed by atoms with Crippen LogP contribution in [0.4, 0.5) is 5.82 Å². The van der Waals surface area contributed by atoms with Gasteiger partial charge in [-0.3, -0.25) is 4.79 Å². The number of anilines is 1. The number of nitrogens with two attached hydrogens (primary N) is 2. The maximum absolute atomic E-state index is 11.3. The smallest absolute Gasteiger partial charge is 0.222 e. The fourth-order valence-corrected chi connectivity index (χ4v) is 2.42.